The molecule has 0 aliphatic carbocycles. The minimum Gasteiger partial charge on any atom is -0.544 e. The summed E-state index contributed by atoms with van der Waals surface area (Å²) in [7, 11) is 5.38. The third-order valence-electron chi connectivity index (χ3n) is 11.0. The monoisotopic (exact) mass is 894 g/mol. The predicted molar refractivity (Wildman–Crippen MR) is 268 cm³/mol. The first-order chi connectivity index (χ1) is 31.1. The Kier molecular flexibility index (Phi) is 43.5. The lowest BCUT2D eigenvalue weighted by atomic mass is 10.1. The van der Waals surface area contributed by atoms with E-state index in [4.69, 9.17) is 14.2 Å². The molecule has 0 spiro atoms. The number of nitrogens with zero attached hydrogens (tertiary/aromatic N) is 1. The van der Waals surface area contributed by atoms with Crippen molar-refractivity contribution in [3.63, 3.8) is 0 Å². The highest BCUT2D eigenvalue weighted by Crippen LogP contribution is 2.14. The highest BCUT2D eigenvalue weighted by molar-refractivity contribution is 5.70. The molecule has 0 saturated carbocycles. The normalized spacial score (nSPS) is 13.6. The van der Waals surface area contributed by atoms with Gasteiger partial charge in [0.05, 0.1) is 40.3 Å². The van der Waals surface area contributed by atoms with Crippen molar-refractivity contribution in [1.29, 1.82) is 0 Å². The van der Waals surface area contributed by atoms with Gasteiger partial charge in [-0.3, -0.25) is 9.59 Å². The smallest absolute Gasteiger partial charge is 0.306 e. The Bertz CT molecular complexity index is 1320. The van der Waals surface area contributed by atoms with Crippen molar-refractivity contribution in [2.45, 2.75) is 212 Å². The topological polar surface area (TPSA) is 102 Å². The number of ether oxygens (including phenoxy) is 3. The number of hydrogen-bond donors (Lipinski definition) is 0. The zero-order chi connectivity index (χ0) is 47.0. The Hall–Kier alpha value is -3.49. The molecule has 2 atom stereocenters. The van der Waals surface area contributed by atoms with Crippen LogP contribution in [0, 0.1) is 0 Å². The Morgan fingerprint density at radius 2 is 0.891 bits per heavy atom. The van der Waals surface area contributed by atoms with E-state index in [2.05, 4.69) is 98.9 Å². The molecular weight excluding hydrogens is 799 g/mol. The predicted octanol–water partition coefficient (Wildman–Crippen LogP) is 13.5. The van der Waals surface area contributed by atoms with E-state index in [1.807, 2.05) is 0 Å². The van der Waals surface area contributed by atoms with Gasteiger partial charge in [-0.15, -0.1) is 0 Å². The molecule has 0 aromatic rings. The van der Waals surface area contributed by atoms with Crippen LogP contribution in [0.1, 0.15) is 200 Å². The second kappa shape index (κ2) is 46.1. The number of rotatable bonds is 45. The molecule has 0 aromatic carbocycles. The van der Waals surface area contributed by atoms with Crippen LogP contribution < -0.4 is 5.11 Å². The van der Waals surface area contributed by atoms with E-state index < -0.39 is 18.1 Å². The van der Waals surface area contributed by atoms with Crippen molar-refractivity contribution in [2.24, 2.45) is 0 Å². The Morgan fingerprint density at radius 3 is 1.34 bits per heavy atom. The fourth-order valence-electron chi connectivity index (χ4n) is 7.08. The van der Waals surface area contributed by atoms with Crippen molar-refractivity contribution in [1.82, 2.24) is 0 Å². The molecule has 0 heterocycles. The molecule has 0 aliphatic heterocycles. The number of carbonyl (C=O) groups excluding carboxylic acids is 3. The number of carboxylic acid groups (broad SMARTS) is 1. The lowest BCUT2D eigenvalue weighted by molar-refractivity contribution is -0.889. The molecule has 0 bridgehead atoms. The molecule has 0 amide bonds. The zero-order valence-corrected chi connectivity index (χ0v) is 41.7. The molecular formula is C56H95NO7. The van der Waals surface area contributed by atoms with Gasteiger partial charge in [0.1, 0.15) is 12.6 Å². The van der Waals surface area contributed by atoms with Crippen LogP contribution in [0.15, 0.2) is 85.1 Å². The van der Waals surface area contributed by atoms with Gasteiger partial charge in [0.15, 0.2) is 6.10 Å². The van der Waals surface area contributed by atoms with Crippen molar-refractivity contribution in [2.75, 3.05) is 41.0 Å². The number of quaternary nitrogens is 1. The third-order valence-corrected chi connectivity index (χ3v) is 11.0. The maximum atomic E-state index is 12.7. The van der Waals surface area contributed by atoms with E-state index in [1.165, 1.54) is 89.9 Å². The van der Waals surface area contributed by atoms with Crippen LogP contribution in [-0.4, -0.2) is 75.5 Å². The number of carbonyl (C=O) groups is 3. The van der Waals surface area contributed by atoms with Gasteiger partial charge in [-0.05, 0) is 83.5 Å². The Labute approximate surface area is 393 Å². The maximum absolute atomic E-state index is 12.7. The van der Waals surface area contributed by atoms with Crippen LogP contribution in [0.2, 0.25) is 0 Å². The van der Waals surface area contributed by atoms with Gasteiger partial charge in [0, 0.05) is 19.3 Å². The fraction of sp³-hybridized carbons (Fsp3) is 0.696. The highest BCUT2D eigenvalue weighted by atomic mass is 16.6. The molecule has 0 N–H and O–H groups in total. The summed E-state index contributed by atoms with van der Waals surface area (Å²) < 4.78 is 17.2. The van der Waals surface area contributed by atoms with Crippen molar-refractivity contribution >= 4 is 17.9 Å². The van der Waals surface area contributed by atoms with Gasteiger partial charge < -0.3 is 28.6 Å². The minimum absolute atomic E-state index is 0.0109. The number of esters is 2. The quantitative estimate of drug-likeness (QED) is 0.0260. The third kappa shape index (κ3) is 43.7. The van der Waals surface area contributed by atoms with E-state index in [9.17, 15) is 19.5 Å². The Balaban J connectivity index is 4.33. The van der Waals surface area contributed by atoms with Crippen molar-refractivity contribution < 1.29 is 38.2 Å². The number of unbranched alkanes of at least 4 members (excludes halogenated alkanes) is 17. The van der Waals surface area contributed by atoms with E-state index in [0.29, 0.717) is 12.8 Å². The summed E-state index contributed by atoms with van der Waals surface area (Å²) in [5, 5.41) is 11.7. The lowest BCUT2D eigenvalue weighted by Gasteiger charge is -2.34. The van der Waals surface area contributed by atoms with E-state index in [0.717, 1.165) is 70.6 Å². The summed E-state index contributed by atoms with van der Waals surface area (Å²) in [6.45, 7) is 4.48. The van der Waals surface area contributed by atoms with Crippen LogP contribution in [-0.2, 0) is 28.6 Å². The molecule has 0 rings (SSSR count). The van der Waals surface area contributed by atoms with Crippen LogP contribution in [0.5, 0.6) is 0 Å². The summed E-state index contributed by atoms with van der Waals surface area (Å²) in [6.07, 6.45) is 60.6. The molecule has 8 nitrogen and oxygen atoms in total. The number of allylic oxidation sites excluding steroid dienone is 14. The van der Waals surface area contributed by atoms with Crippen LogP contribution in [0.4, 0.5) is 0 Å². The molecule has 0 aliphatic rings. The average molecular weight is 894 g/mol. The van der Waals surface area contributed by atoms with Gasteiger partial charge in [0.2, 0.25) is 0 Å². The van der Waals surface area contributed by atoms with Crippen molar-refractivity contribution in [3.8, 4) is 0 Å². The van der Waals surface area contributed by atoms with Gasteiger partial charge in [-0.1, -0.05) is 182 Å². The largest absolute Gasteiger partial charge is 0.544 e. The first-order valence-electron chi connectivity index (χ1n) is 25.6. The number of likely N-dealkylation sites (N-methyl/N-ethyl adjacent to an activating group) is 1. The van der Waals surface area contributed by atoms with Gasteiger partial charge in [0.25, 0.3) is 0 Å². The zero-order valence-electron chi connectivity index (χ0n) is 41.7. The molecule has 366 valence electrons. The fourth-order valence-corrected chi connectivity index (χ4v) is 7.08. The maximum Gasteiger partial charge on any atom is 0.306 e. The van der Waals surface area contributed by atoms with E-state index >= 15 is 0 Å². The number of carboxylic acids is 1. The van der Waals surface area contributed by atoms with Crippen LogP contribution in [0.25, 0.3) is 0 Å². The average Bonchev–Trinajstić information content (AvgIpc) is 3.26. The van der Waals surface area contributed by atoms with Crippen LogP contribution in [0.3, 0.4) is 0 Å². The van der Waals surface area contributed by atoms with E-state index in [1.54, 1.807) is 21.1 Å². The van der Waals surface area contributed by atoms with Crippen LogP contribution >= 0.6 is 0 Å². The second-order valence-electron chi connectivity index (χ2n) is 18.0. The molecule has 0 fully saturated rings. The molecule has 2 unspecified atom stereocenters. The SMILES string of the molecule is CC/C=C/C/C=C/C/C=C/C/C=C/C/C=C/CCCC(=O)OC(COCCC(C(=O)[O-])[N+](C)(C)C)COC(=O)CCCCCCCCC/C=C/C/C=C/CCCCCCCCCCC. The summed E-state index contributed by atoms with van der Waals surface area (Å²) in [5.74, 6) is -1.83. The van der Waals surface area contributed by atoms with Gasteiger partial charge in [-0.2, -0.15) is 0 Å². The lowest BCUT2D eigenvalue weighted by Crippen LogP contribution is -2.55. The molecule has 8 heteroatoms. The minimum atomic E-state index is -1.14. The summed E-state index contributed by atoms with van der Waals surface area (Å²) in [5.41, 5.74) is 0. The van der Waals surface area contributed by atoms with Gasteiger partial charge in [-0.25, -0.2) is 0 Å². The first kappa shape index (κ1) is 60.5. The number of aliphatic carboxylic acids is 1. The second-order valence-corrected chi connectivity index (χ2v) is 18.0. The Morgan fingerprint density at radius 1 is 0.484 bits per heavy atom. The standard InChI is InChI=1S/C56H95NO7/c1-6-8-10-12-14-16-18-20-22-24-25-26-27-28-29-31-32-34-36-38-40-42-44-46-54(58)63-51-52(50-62-49-48-53(56(60)61)57(3,4)5)64-55(59)47-45-43-41-39-37-35-33-30-23-21-19-17-15-13-11-9-7-2/h9,11,15,17,21,23,25-26,28-29,33,35,39,41,52-53H,6-8,10,12-14,16,18-20,22,24,27,30-32,34,36-38,40,42-51H2,1-5H3/b11-9+,17-15+,23-21+,26-25+,29-28+,35-33+,41-39+. The summed E-state index contributed by atoms with van der Waals surface area (Å²) in [6, 6.07) is -0.742. The summed E-state index contributed by atoms with van der Waals surface area (Å²) in [4.78, 5) is 37.0. The number of hydrogen-bond acceptors (Lipinski definition) is 7. The first-order valence-corrected chi connectivity index (χ1v) is 25.6. The summed E-state index contributed by atoms with van der Waals surface area (Å²) >= 11 is 0. The molecule has 64 heavy (non-hydrogen) atoms. The van der Waals surface area contributed by atoms with Gasteiger partial charge >= 0.3 is 11.9 Å². The molecule has 0 radical (unpaired) electrons. The van der Waals surface area contributed by atoms with E-state index in [-0.39, 0.29) is 49.1 Å². The van der Waals surface area contributed by atoms with Crippen molar-refractivity contribution in [3.05, 3.63) is 85.1 Å². The molecule has 0 aromatic heterocycles. The molecule has 0 saturated heterocycles. The highest BCUT2D eigenvalue weighted by Gasteiger charge is 2.25.